The average Bonchev–Trinajstić information content (AvgIpc) is 2.15. The Bertz CT molecular complexity index is 384. The molecule has 0 radical (unpaired) electrons. The number of rotatable bonds is 2. The first-order chi connectivity index (χ1) is 6.65. The van der Waals surface area contributed by atoms with Crippen molar-refractivity contribution in [1.29, 1.82) is 5.26 Å². The van der Waals surface area contributed by atoms with E-state index in [-0.39, 0.29) is 0 Å². The zero-order valence-electron chi connectivity index (χ0n) is 7.53. The SMILES string of the molecule is CC(=O)OC(C#N)c1ccccc1Cl. The number of halogens is 1. The molecule has 4 heteroatoms. The van der Waals surface area contributed by atoms with Crippen molar-refractivity contribution >= 4 is 17.6 Å². The molecular weight excluding hydrogens is 202 g/mol. The van der Waals surface area contributed by atoms with Crippen LogP contribution < -0.4 is 0 Å². The molecule has 0 heterocycles. The Morgan fingerprint density at radius 2 is 2.21 bits per heavy atom. The number of benzene rings is 1. The molecule has 0 aliphatic rings. The molecule has 0 bridgehead atoms. The Balaban J connectivity index is 2.96. The van der Waals surface area contributed by atoms with Gasteiger partial charge < -0.3 is 4.74 Å². The Kier molecular flexibility index (Phi) is 3.49. The molecule has 0 saturated heterocycles. The molecule has 0 spiro atoms. The zero-order valence-corrected chi connectivity index (χ0v) is 8.28. The fourth-order valence-corrected chi connectivity index (χ4v) is 1.25. The zero-order chi connectivity index (χ0) is 10.6. The lowest BCUT2D eigenvalue weighted by molar-refractivity contribution is -0.144. The number of ether oxygens (including phenoxy) is 1. The van der Waals surface area contributed by atoms with E-state index >= 15 is 0 Å². The summed E-state index contributed by atoms with van der Waals surface area (Å²) in [6.45, 7) is 1.25. The number of hydrogen-bond donors (Lipinski definition) is 0. The summed E-state index contributed by atoms with van der Waals surface area (Å²) in [4.78, 5) is 10.7. The van der Waals surface area contributed by atoms with Crippen molar-refractivity contribution in [1.82, 2.24) is 0 Å². The Hall–Kier alpha value is -1.53. The highest BCUT2D eigenvalue weighted by atomic mass is 35.5. The summed E-state index contributed by atoms with van der Waals surface area (Å²) >= 11 is 5.84. The molecule has 0 saturated carbocycles. The minimum absolute atomic E-state index is 0.417. The molecule has 0 aliphatic carbocycles. The number of carbonyl (C=O) groups excluding carboxylic acids is 1. The van der Waals surface area contributed by atoms with Gasteiger partial charge in [0.05, 0.1) is 0 Å². The number of carbonyl (C=O) groups is 1. The van der Waals surface area contributed by atoms with Gasteiger partial charge in [0.15, 0.2) is 0 Å². The Labute approximate surface area is 86.9 Å². The van der Waals surface area contributed by atoms with Crippen molar-refractivity contribution in [2.24, 2.45) is 0 Å². The molecule has 3 nitrogen and oxygen atoms in total. The highest BCUT2D eigenvalue weighted by molar-refractivity contribution is 6.31. The summed E-state index contributed by atoms with van der Waals surface area (Å²) in [5.74, 6) is -0.503. The van der Waals surface area contributed by atoms with Crippen LogP contribution in [0.3, 0.4) is 0 Å². The van der Waals surface area contributed by atoms with Gasteiger partial charge in [-0.3, -0.25) is 4.79 Å². The molecule has 1 unspecified atom stereocenters. The van der Waals surface area contributed by atoms with Crippen LogP contribution in [0.2, 0.25) is 5.02 Å². The molecule has 0 fully saturated rings. The third kappa shape index (κ3) is 2.48. The first-order valence-corrected chi connectivity index (χ1v) is 4.34. The van der Waals surface area contributed by atoms with Crippen LogP contribution >= 0.6 is 11.6 Å². The van der Waals surface area contributed by atoms with Gasteiger partial charge in [0.1, 0.15) is 6.07 Å². The monoisotopic (exact) mass is 209 g/mol. The second-order valence-electron chi connectivity index (χ2n) is 2.64. The highest BCUT2D eigenvalue weighted by Crippen LogP contribution is 2.24. The van der Waals surface area contributed by atoms with E-state index in [0.717, 1.165) is 0 Å². The molecule has 0 aromatic heterocycles. The topological polar surface area (TPSA) is 50.1 Å². The van der Waals surface area contributed by atoms with E-state index in [1.54, 1.807) is 24.3 Å². The molecule has 1 rings (SSSR count). The van der Waals surface area contributed by atoms with Crippen LogP contribution in [-0.2, 0) is 9.53 Å². The van der Waals surface area contributed by atoms with E-state index in [2.05, 4.69) is 0 Å². The third-order valence-corrected chi connectivity index (χ3v) is 1.93. The summed E-state index contributed by atoms with van der Waals surface area (Å²) in [6, 6.07) is 8.63. The van der Waals surface area contributed by atoms with Crippen molar-refractivity contribution in [2.45, 2.75) is 13.0 Å². The molecule has 1 aromatic rings. The average molecular weight is 210 g/mol. The molecule has 14 heavy (non-hydrogen) atoms. The van der Waals surface area contributed by atoms with Crippen LogP contribution in [0.1, 0.15) is 18.6 Å². The fraction of sp³-hybridized carbons (Fsp3) is 0.200. The molecule has 72 valence electrons. The lowest BCUT2D eigenvalue weighted by Crippen LogP contribution is -2.06. The molecule has 0 aliphatic heterocycles. The van der Waals surface area contributed by atoms with E-state index in [0.29, 0.717) is 10.6 Å². The second-order valence-corrected chi connectivity index (χ2v) is 3.05. The fourth-order valence-electron chi connectivity index (χ4n) is 1.01. The van der Waals surface area contributed by atoms with E-state index in [1.807, 2.05) is 6.07 Å². The van der Waals surface area contributed by atoms with Crippen LogP contribution in [0.5, 0.6) is 0 Å². The predicted octanol–water partition coefficient (Wildman–Crippen LogP) is 2.47. The third-order valence-electron chi connectivity index (χ3n) is 1.59. The number of esters is 1. The Morgan fingerprint density at radius 3 is 2.71 bits per heavy atom. The van der Waals surface area contributed by atoms with Gasteiger partial charge in [0.25, 0.3) is 0 Å². The van der Waals surface area contributed by atoms with Crippen molar-refractivity contribution in [3.05, 3.63) is 34.9 Å². The lowest BCUT2D eigenvalue weighted by atomic mass is 10.1. The van der Waals surface area contributed by atoms with Gasteiger partial charge >= 0.3 is 5.97 Å². The maximum Gasteiger partial charge on any atom is 0.304 e. The predicted molar refractivity (Wildman–Crippen MR) is 51.6 cm³/mol. The first kappa shape index (κ1) is 10.6. The van der Waals surface area contributed by atoms with Crippen molar-refractivity contribution in [3.63, 3.8) is 0 Å². The quantitative estimate of drug-likeness (QED) is 0.703. The summed E-state index contributed by atoms with van der Waals surface area (Å²) < 4.78 is 4.78. The summed E-state index contributed by atoms with van der Waals surface area (Å²) in [7, 11) is 0. The molecule has 0 N–H and O–H groups in total. The number of hydrogen-bond acceptors (Lipinski definition) is 3. The maximum atomic E-state index is 10.7. The van der Waals surface area contributed by atoms with Crippen molar-refractivity contribution in [2.75, 3.05) is 0 Å². The minimum Gasteiger partial charge on any atom is -0.442 e. The van der Waals surface area contributed by atoms with Crippen LogP contribution in [0.15, 0.2) is 24.3 Å². The maximum absolute atomic E-state index is 10.7. The normalized spacial score (nSPS) is 11.5. The van der Waals surface area contributed by atoms with E-state index < -0.39 is 12.1 Å². The highest BCUT2D eigenvalue weighted by Gasteiger charge is 2.15. The smallest absolute Gasteiger partial charge is 0.304 e. The first-order valence-electron chi connectivity index (χ1n) is 3.96. The standard InChI is InChI=1S/C10H8ClNO2/c1-7(13)14-10(6-12)8-4-2-3-5-9(8)11/h2-5,10H,1H3. The van der Waals surface area contributed by atoms with Crippen LogP contribution in [0, 0.1) is 11.3 Å². The van der Waals surface area contributed by atoms with Crippen molar-refractivity contribution in [3.8, 4) is 6.07 Å². The van der Waals surface area contributed by atoms with Crippen LogP contribution in [0.4, 0.5) is 0 Å². The van der Waals surface area contributed by atoms with Gasteiger partial charge in [-0.25, -0.2) is 0 Å². The summed E-state index contributed by atoms with van der Waals surface area (Å²) in [6.07, 6.45) is -0.929. The van der Waals surface area contributed by atoms with Gasteiger partial charge in [-0.2, -0.15) is 5.26 Å². The molecule has 1 aromatic carbocycles. The summed E-state index contributed by atoms with van der Waals surface area (Å²) in [5.41, 5.74) is 0.506. The van der Waals surface area contributed by atoms with Gasteiger partial charge in [0.2, 0.25) is 6.10 Å². The van der Waals surface area contributed by atoms with Crippen LogP contribution in [-0.4, -0.2) is 5.97 Å². The van der Waals surface area contributed by atoms with Crippen molar-refractivity contribution < 1.29 is 9.53 Å². The lowest BCUT2D eigenvalue weighted by Gasteiger charge is -2.10. The molecule has 0 amide bonds. The minimum atomic E-state index is -0.929. The molecule has 1 atom stereocenters. The van der Waals surface area contributed by atoms with E-state index in [1.165, 1.54) is 6.92 Å². The number of nitriles is 1. The van der Waals surface area contributed by atoms with E-state index in [9.17, 15) is 4.79 Å². The van der Waals surface area contributed by atoms with Gasteiger partial charge in [0, 0.05) is 17.5 Å². The van der Waals surface area contributed by atoms with Gasteiger partial charge in [-0.15, -0.1) is 0 Å². The Morgan fingerprint density at radius 1 is 1.57 bits per heavy atom. The molecular formula is C10H8ClNO2. The second kappa shape index (κ2) is 4.64. The van der Waals surface area contributed by atoms with Crippen LogP contribution in [0.25, 0.3) is 0 Å². The number of nitrogens with zero attached hydrogens (tertiary/aromatic N) is 1. The largest absolute Gasteiger partial charge is 0.442 e. The van der Waals surface area contributed by atoms with Gasteiger partial charge in [-0.05, 0) is 6.07 Å². The van der Waals surface area contributed by atoms with Gasteiger partial charge in [-0.1, -0.05) is 29.8 Å². The van der Waals surface area contributed by atoms with E-state index in [4.69, 9.17) is 21.6 Å². The summed E-state index contributed by atoms with van der Waals surface area (Å²) in [5, 5.41) is 9.18.